The SMILES string of the molecule is CCC1CCCCC1NC(=O)c1ccccc1I. The number of hydrogen-bond donors (Lipinski definition) is 1. The highest BCUT2D eigenvalue weighted by Crippen LogP contribution is 2.27. The molecule has 1 fully saturated rings. The van der Waals surface area contributed by atoms with E-state index >= 15 is 0 Å². The van der Waals surface area contributed by atoms with Crippen LogP contribution in [0.2, 0.25) is 0 Å². The summed E-state index contributed by atoms with van der Waals surface area (Å²) < 4.78 is 1.02. The van der Waals surface area contributed by atoms with Crippen molar-refractivity contribution in [2.75, 3.05) is 0 Å². The van der Waals surface area contributed by atoms with Crippen LogP contribution >= 0.6 is 22.6 Å². The number of rotatable bonds is 3. The first-order valence-corrected chi connectivity index (χ1v) is 7.85. The standard InChI is InChI=1S/C15H20INO/c1-2-11-7-3-6-10-14(11)17-15(18)12-8-4-5-9-13(12)16/h4-5,8-9,11,14H,2-3,6-7,10H2,1H3,(H,17,18). The molecule has 1 aliphatic rings. The van der Waals surface area contributed by atoms with E-state index < -0.39 is 0 Å². The fourth-order valence-corrected chi connectivity index (χ4v) is 3.41. The molecule has 1 aliphatic carbocycles. The van der Waals surface area contributed by atoms with Crippen LogP contribution in [0.5, 0.6) is 0 Å². The normalized spacial score (nSPS) is 23.7. The van der Waals surface area contributed by atoms with Crippen molar-refractivity contribution in [3.8, 4) is 0 Å². The minimum Gasteiger partial charge on any atom is -0.349 e. The first-order chi connectivity index (χ1) is 8.72. The molecule has 1 saturated carbocycles. The summed E-state index contributed by atoms with van der Waals surface area (Å²) in [7, 11) is 0. The van der Waals surface area contributed by atoms with Gasteiger partial charge in [-0.25, -0.2) is 0 Å². The van der Waals surface area contributed by atoms with Gasteiger partial charge >= 0.3 is 0 Å². The van der Waals surface area contributed by atoms with Crippen LogP contribution in [0.3, 0.4) is 0 Å². The Kier molecular flexibility index (Phi) is 5.03. The maximum absolute atomic E-state index is 12.3. The van der Waals surface area contributed by atoms with Crippen molar-refractivity contribution in [1.29, 1.82) is 0 Å². The highest BCUT2D eigenvalue weighted by molar-refractivity contribution is 14.1. The molecule has 0 aromatic heterocycles. The Morgan fingerprint density at radius 2 is 2.06 bits per heavy atom. The van der Waals surface area contributed by atoms with Crippen LogP contribution < -0.4 is 5.32 Å². The summed E-state index contributed by atoms with van der Waals surface area (Å²) in [4.78, 5) is 12.3. The van der Waals surface area contributed by atoms with Crippen molar-refractivity contribution in [3.05, 3.63) is 33.4 Å². The molecule has 0 heterocycles. The monoisotopic (exact) mass is 357 g/mol. The Hall–Kier alpha value is -0.580. The van der Waals surface area contributed by atoms with Gasteiger partial charge in [0.25, 0.3) is 5.91 Å². The molecule has 98 valence electrons. The quantitative estimate of drug-likeness (QED) is 0.815. The van der Waals surface area contributed by atoms with Crippen molar-refractivity contribution in [3.63, 3.8) is 0 Å². The molecule has 2 atom stereocenters. The van der Waals surface area contributed by atoms with Gasteiger partial charge < -0.3 is 5.32 Å². The molecular weight excluding hydrogens is 337 g/mol. The molecule has 3 heteroatoms. The van der Waals surface area contributed by atoms with Gasteiger partial charge in [0.1, 0.15) is 0 Å². The first kappa shape index (κ1) is 13.8. The third kappa shape index (κ3) is 3.25. The molecule has 2 nitrogen and oxygen atoms in total. The van der Waals surface area contributed by atoms with E-state index in [2.05, 4.69) is 34.8 Å². The van der Waals surface area contributed by atoms with Gasteiger partial charge in [-0.15, -0.1) is 0 Å². The van der Waals surface area contributed by atoms with Gasteiger partial charge in [-0.1, -0.05) is 38.3 Å². The van der Waals surface area contributed by atoms with Gasteiger partial charge in [0.05, 0.1) is 5.56 Å². The molecule has 1 N–H and O–H groups in total. The van der Waals surface area contributed by atoms with E-state index in [1.54, 1.807) is 0 Å². The minimum atomic E-state index is 0.0883. The van der Waals surface area contributed by atoms with Crippen molar-refractivity contribution in [2.45, 2.75) is 45.1 Å². The van der Waals surface area contributed by atoms with Gasteiger partial charge in [0.2, 0.25) is 0 Å². The van der Waals surface area contributed by atoms with Crippen molar-refractivity contribution >= 4 is 28.5 Å². The van der Waals surface area contributed by atoms with Gasteiger partial charge in [-0.05, 0) is 53.5 Å². The summed E-state index contributed by atoms with van der Waals surface area (Å²) in [5, 5.41) is 3.23. The molecular formula is C15H20INO. The Morgan fingerprint density at radius 1 is 1.33 bits per heavy atom. The van der Waals surface area contributed by atoms with E-state index in [-0.39, 0.29) is 5.91 Å². The summed E-state index contributed by atoms with van der Waals surface area (Å²) in [6.45, 7) is 2.22. The minimum absolute atomic E-state index is 0.0883. The predicted molar refractivity (Wildman–Crippen MR) is 82.7 cm³/mol. The smallest absolute Gasteiger partial charge is 0.252 e. The lowest BCUT2D eigenvalue weighted by atomic mass is 9.83. The molecule has 0 bridgehead atoms. The molecule has 2 unspecified atom stereocenters. The zero-order chi connectivity index (χ0) is 13.0. The molecule has 2 rings (SSSR count). The van der Waals surface area contributed by atoms with Crippen LogP contribution in [-0.2, 0) is 0 Å². The fourth-order valence-electron chi connectivity index (χ4n) is 2.78. The predicted octanol–water partition coefficient (Wildman–Crippen LogP) is 3.99. The van der Waals surface area contributed by atoms with Crippen LogP contribution in [-0.4, -0.2) is 11.9 Å². The summed E-state index contributed by atoms with van der Waals surface area (Å²) >= 11 is 2.22. The number of nitrogens with one attached hydrogen (secondary N) is 1. The average Bonchev–Trinajstić information content (AvgIpc) is 2.39. The number of carbonyl (C=O) groups is 1. The Bertz CT molecular complexity index is 419. The van der Waals surface area contributed by atoms with Crippen molar-refractivity contribution < 1.29 is 4.79 Å². The largest absolute Gasteiger partial charge is 0.349 e. The molecule has 1 aromatic rings. The molecule has 18 heavy (non-hydrogen) atoms. The lowest BCUT2D eigenvalue weighted by molar-refractivity contribution is 0.0904. The van der Waals surface area contributed by atoms with Crippen LogP contribution in [0.1, 0.15) is 49.4 Å². The van der Waals surface area contributed by atoms with Gasteiger partial charge in [0.15, 0.2) is 0 Å². The fraction of sp³-hybridized carbons (Fsp3) is 0.533. The number of halogens is 1. The van der Waals surface area contributed by atoms with E-state index in [1.807, 2.05) is 24.3 Å². The zero-order valence-corrected chi connectivity index (χ0v) is 12.9. The lowest BCUT2D eigenvalue weighted by Crippen LogP contribution is -2.42. The van der Waals surface area contributed by atoms with E-state index in [0.29, 0.717) is 12.0 Å². The van der Waals surface area contributed by atoms with E-state index in [9.17, 15) is 4.79 Å². The molecule has 0 radical (unpaired) electrons. The maximum Gasteiger partial charge on any atom is 0.252 e. The molecule has 1 amide bonds. The number of carbonyl (C=O) groups excluding carboxylic acids is 1. The maximum atomic E-state index is 12.3. The van der Waals surface area contributed by atoms with Crippen molar-refractivity contribution in [2.24, 2.45) is 5.92 Å². The van der Waals surface area contributed by atoms with Gasteiger partial charge in [0, 0.05) is 9.61 Å². The number of benzene rings is 1. The van der Waals surface area contributed by atoms with E-state index in [0.717, 1.165) is 22.0 Å². The Morgan fingerprint density at radius 3 is 2.78 bits per heavy atom. The van der Waals surface area contributed by atoms with Crippen LogP contribution in [0.4, 0.5) is 0 Å². The molecule has 1 aromatic carbocycles. The second-order valence-electron chi connectivity index (χ2n) is 5.01. The number of hydrogen-bond acceptors (Lipinski definition) is 1. The summed E-state index contributed by atoms with van der Waals surface area (Å²) in [6.07, 6.45) is 6.11. The Labute approximate surface area is 123 Å². The zero-order valence-electron chi connectivity index (χ0n) is 10.8. The van der Waals surface area contributed by atoms with E-state index in [4.69, 9.17) is 0 Å². The number of amides is 1. The highest BCUT2D eigenvalue weighted by atomic mass is 127. The van der Waals surface area contributed by atoms with Crippen LogP contribution in [0.25, 0.3) is 0 Å². The van der Waals surface area contributed by atoms with Crippen molar-refractivity contribution in [1.82, 2.24) is 5.32 Å². The first-order valence-electron chi connectivity index (χ1n) is 6.77. The van der Waals surface area contributed by atoms with Crippen LogP contribution in [0.15, 0.2) is 24.3 Å². The Balaban J connectivity index is 2.04. The van der Waals surface area contributed by atoms with Crippen LogP contribution in [0, 0.1) is 9.49 Å². The molecule has 0 saturated heterocycles. The van der Waals surface area contributed by atoms with Gasteiger partial charge in [-0.2, -0.15) is 0 Å². The highest BCUT2D eigenvalue weighted by Gasteiger charge is 2.25. The summed E-state index contributed by atoms with van der Waals surface area (Å²) in [5.41, 5.74) is 0.804. The second kappa shape index (κ2) is 6.55. The second-order valence-corrected chi connectivity index (χ2v) is 6.17. The lowest BCUT2D eigenvalue weighted by Gasteiger charge is -2.31. The summed E-state index contributed by atoms with van der Waals surface area (Å²) in [6, 6.07) is 8.14. The topological polar surface area (TPSA) is 29.1 Å². The van der Waals surface area contributed by atoms with E-state index in [1.165, 1.54) is 19.3 Å². The molecule has 0 spiro atoms. The third-order valence-corrected chi connectivity index (χ3v) is 4.81. The third-order valence-electron chi connectivity index (χ3n) is 3.87. The van der Waals surface area contributed by atoms with Gasteiger partial charge in [-0.3, -0.25) is 4.79 Å². The molecule has 0 aliphatic heterocycles. The average molecular weight is 357 g/mol. The summed E-state index contributed by atoms with van der Waals surface area (Å²) in [5.74, 6) is 0.745.